The molecule has 2 unspecified atom stereocenters. The molecule has 2 atom stereocenters. The van der Waals surface area contributed by atoms with Gasteiger partial charge in [-0.2, -0.15) is 0 Å². The lowest BCUT2D eigenvalue weighted by molar-refractivity contribution is 0.216. The zero-order chi connectivity index (χ0) is 21.1. The highest BCUT2D eigenvalue weighted by molar-refractivity contribution is 7.57. The standard InChI is InChI=1S/C21H26ClFNO4P/c1-4-19(29(3)10-9-27-2)28-18-12-17(16(23)11-15(18)22)24-20(25)13-7-5-6-8-14(13)21(24)26/h5,7,11-12,19,25-26H,4,6,8-10H2,1-3H3. The van der Waals surface area contributed by atoms with Crippen molar-refractivity contribution in [3.63, 3.8) is 0 Å². The van der Waals surface area contributed by atoms with Crippen LogP contribution in [0.3, 0.4) is 0 Å². The number of allylic oxidation sites excluding steroid dienone is 1. The Balaban J connectivity index is 1.99. The quantitative estimate of drug-likeness (QED) is 0.530. The van der Waals surface area contributed by atoms with Gasteiger partial charge in [0.2, 0.25) is 11.8 Å². The Morgan fingerprint density at radius 3 is 2.72 bits per heavy atom. The van der Waals surface area contributed by atoms with E-state index in [0.717, 1.165) is 29.6 Å². The van der Waals surface area contributed by atoms with Crippen molar-refractivity contribution in [1.82, 2.24) is 4.57 Å². The van der Waals surface area contributed by atoms with Crippen LogP contribution >= 0.6 is 19.5 Å². The number of hydrogen-bond acceptors (Lipinski definition) is 4. The van der Waals surface area contributed by atoms with Crippen LogP contribution in [-0.4, -0.2) is 47.2 Å². The van der Waals surface area contributed by atoms with Gasteiger partial charge in [0.1, 0.15) is 17.4 Å². The lowest BCUT2D eigenvalue weighted by Crippen LogP contribution is -2.16. The highest BCUT2D eigenvalue weighted by Crippen LogP contribution is 2.44. The van der Waals surface area contributed by atoms with Crippen LogP contribution in [0, 0.1) is 5.82 Å². The Morgan fingerprint density at radius 2 is 2.07 bits per heavy atom. The van der Waals surface area contributed by atoms with E-state index < -0.39 is 13.7 Å². The minimum atomic E-state index is -0.657. The molecule has 1 heterocycles. The van der Waals surface area contributed by atoms with E-state index in [-0.39, 0.29) is 28.3 Å². The molecule has 0 bridgehead atoms. The number of aromatic hydroxyl groups is 2. The van der Waals surface area contributed by atoms with Crippen molar-refractivity contribution in [2.45, 2.75) is 32.0 Å². The van der Waals surface area contributed by atoms with E-state index in [0.29, 0.717) is 29.9 Å². The first-order chi connectivity index (χ1) is 13.9. The van der Waals surface area contributed by atoms with Crippen molar-refractivity contribution >= 4 is 25.6 Å². The van der Waals surface area contributed by atoms with Crippen LogP contribution in [0.15, 0.2) is 18.2 Å². The molecule has 8 heteroatoms. The minimum Gasteiger partial charge on any atom is -0.494 e. The largest absolute Gasteiger partial charge is 0.494 e. The lowest BCUT2D eigenvalue weighted by atomic mass is 10.0. The van der Waals surface area contributed by atoms with Crippen LogP contribution in [0.25, 0.3) is 11.8 Å². The Labute approximate surface area is 176 Å². The van der Waals surface area contributed by atoms with E-state index in [9.17, 15) is 14.6 Å². The smallest absolute Gasteiger partial charge is 0.206 e. The summed E-state index contributed by atoms with van der Waals surface area (Å²) < 4.78 is 27.2. The molecule has 0 saturated carbocycles. The number of hydrogen-bond donors (Lipinski definition) is 2. The van der Waals surface area contributed by atoms with Gasteiger partial charge < -0.3 is 19.7 Å². The van der Waals surface area contributed by atoms with E-state index in [4.69, 9.17) is 21.1 Å². The number of methoxy groups -OCH3 is 1. The molecule has 2 N–H and O–H groups in total. The van der Waals surface area contributed by atoms with Crippen LogP contribution in [0.2, 0.25) is 5.02 Å². The van der Waals surface area contributed by atoms with Crippen molar-refractivity contribution in [3.05, 3.63) is 40.2 Å². The van der Waals surface area contributed by atoms with Crippen LogP contribution in [0.5, 0.6) is 17.5 Å². The molecule has 158 valence electrons. The second-order valence-electron chi connectivity index (χ2n) is 7.00. The van der Waals surface area contributed by atoms with E-state index in [1.807, 2.05) is 13.0 Å². The van der Waals surface area contributed by atoms with Crippen LogP contribution in [0.4, 0.5) is 4.39 Å². The third kappa shape index (κ3) is 4.40. The zero-order valence-corrected chi connectivity index (χ0v) is 18.4. The Bertz CT molecular complexity index is 915. The van der Waals surface area contributed by atoms with Gasteiger partial charge in [-0.25, -0.2) is 8.96 Å². The average Bonchev–Trinajstić information content (AvgIpc) is 2.96. The third-order valence-corrected chi connectivity index (χ3v) is 7.74. The Hall–Kier alpha value is -1.75. The molecule has 1 aromatic carbocycles. The zero-order valence-electron chi connectivity index (χ0n) is 16.8. The first-order valence-corrected chi connectivity index (χ1v) is 12.0. The maximum atomic E-state index is 14.8. The fourth-order valence-corrected chi connectivity index (χ4v) is 5.35. The molecule has 1 aliphatic carbocycles. The molecule has 0 saturated heterocycles. The molecule has 3 rings (SSSR count). The van der Waals surface area contributed by atoms with Crippen molar-refractivity contribution < 1.29 is 24.1 Å². The summed E-state index contributed by atoms with van der Waals surface area (Å²) in [6.07, 6.45) is 6.63. The lowest BCUT2D eigenvalue weighted by Gasteiger charge is -2.25. The fourth-order valence-electron chi connectivity index (χ4n) is 3.48. The molecule has 0 fully saturated rings. The highest BCUT2D eigenvalue weighted by Gasteiger charge is 2.26. The third-order valence-electron chi connectivity index (χ3n) is 5.10. The summed E-state index contributed by atoms with van der Waals surface area (Å²) in [5.74, 6) is -0.776. The summed E-state index contributed by atoms with van der Waals surface area (Å²) in [6, 6.07) is 2.59. The molecule has 2 aromatic rings. The normalized spacial score (nSPS) is 15.2. The van der Waals surface area contributed by atoms with Crippen molar-refractivity contribution in [3.8, 4) is 23.2 Å². The second kappa shape index (κ2) is 9.38. The van der Waals surface area contributed by atoms with Gasteiger partial charge in [0.05, 0.1) is 17.3 Å². The molecule has 1 aromatic heterocycles. The summed E-state index contributed by atoms with van der Waals surface area (Å²) >= 11 is 6.25. The van der Waals surface area contributed by atoms with E-state index in [1.165, 1.54) is 6.07 Å². The maximum Gasteiger partial charge on any atom is 0.206 e. The van der Waals surface area contributed by atoms with Gasteiger partial charge in [-0.15, -0.1) is 0 Å². The van der Waals surface area contributed by atoms with Gasteiger partial charge in [0.25, 0.3) is 0 Å². The predicted molar refractivity (Wildman–Crippen MR) is 116 cm³/mol. The summed E-state index contributed by atoms with van der Waals surface area (Å²) in [5.41, 5.74) is 1.10. The minimum absolute atomic E-state index is 0.00521. The van der Waals surface area contributed by atoms with E-state index in [1.54, 1.807) is 13.2 Å². The molecule has 1 aliphatic rings. The molecular formula is C21H26ClFNO4P. The van der Waals surface area contributed by atoms with Gasteiger partial charge in [-0.05, 0) is 38.2 Å². The van der Waals surface area contributed by atoms with Gasteiger partial charge >= 0.3 is 0 Å². The SMILES string of the molecule is CCC(Oc1cc(-n2c(O)c3c(c2O)CCC=C3)c(F)cc1Cl)P(C)CCOC. The molecule has 0 spiro atoms. The number of nitrogens with zero attached hydrogens (tertiary/aromatic N) is 1. The van der Waals surface area contributed by atoms with Gasteiger partial charge in [0, 0.05) is 24.3 Å². The number of rotatable bonds is 8. The van der Waals surface area contributed by atoms with Crippen LogP contribution in [-0.2, 0) is 11.2 Å². The molecule has 0 amide bonds. The first kappa shape index (κ1) is 21.9. The van der Waals surface area contributed by atoms with Crippen LogP contribution in [0.1, 0.15) is 30.9 Å². The Morgan fingerprint density at radius 1 is 1.31 bits per heavy atom. The number of benzene rings is 1. The van der Waals surface area contributed by atoms with Crippen molar-refractivity contribution in [2.75, 3.05) is 26.5 Å². The van der Waals surface area contributed by atoms with E-state index >= 15 is 0 Å². The van der Waals surface area contributed by atoms with E-state index in [2.05, 4.69) is 6.66 Å². The first-order valence-electron chi connectivity index (χ1n) is 9.56. The van der Waals surface area contributed by atoms with Gasteiger partial charge in [-0.3, -0.25) is 0 Å². The van der Waals surface area contributed by atoms with Gasteiger partial charge in [0.15, 0.2) is 0 Å². The van der Waals surface area contributed by atoms with Gasteiger partial charge in [-0.1, -0.05) is 38.6 Å². The predicted octanol–water partition coefficient (Wildman–Crippen LogP) is 5.51. The topological polar surface area (TPSA) is 63.9 Å². The molecule has 5 nitrogen and oxygen atoms in total. The highest BCUT2D eigenvalue weighted by atomic mass is 35.5. The fraction of sp³-hybridized carbons (Fsp3) is 0.429. The number of aromatic nitrogens is 1. The summed E-state index contributed by atoms with van der Waals surface area (Å²) in [5, 5.41) is 21.4. The summed E-state index contributed by atoms with van der Waals surface area (Å²) in [6.45, 7) is 4.80. The molecule has 0 radical (unpaired) electrons. The summed E-state index contributed by atoms with van der Waals surface area (Å²) in [7, 11) is 1.18. The molecule has 29 heavy (non-hydrogen) atoms. The Kier molecular flexibility index (Phi) is 7.10. The molecular weight excluding hydrogens is 416 g/mol. The maximum absolute atomic E-state index is 14.8. The number of halogens is 2. The molecule has 0 aliphatic heterocycles. The van der Waals surface area contributed by atoms with Crippen molar-refractivity contribution in [2.24, 2.45) is 0 Å². The number of fused-ring (bicyclic) bond motifs is 1. The summed E-state index contributed by atoms with van der Waals surface area (Å²) in [4.78, 5) is 0. The number of ether oxygens (including phenoxy) is 2. The monoisotopic (exact) mass is 441 g/mol. The second-order valence-corrected chi connectivity index (χ2v) is 9.95. The van der Waals surface area contributed by atoms with Crippen molar-refractivity contribution in [1.29, 1.82) is 0 Å². The average molecular weight is 442 g/mol. The van der Waals surface area contributed by atoms with Crippen LogP contribution < -0.4 is 4.74 Å².